The second-order valence-electron chi connectivity index (χ2n) is 5.96. The van der Waals surface area contributed by atoms with Crippen LogP contribution in [-0.4, -0.2) is 9.78 Å². The van der Waals surface area contributed by atoms with Crippen LogP contribution in [0, 0.1) is 0 Å². The molecule has 1 aromatic heterocycles. The van der Waals surface area contributed by atoms with Crippen molar-refractivity contribution in [2.75, 3.05) is 10.2 Å². The number of anilines is 3. The minimum Gasteiger partial charge on any atom is -0.361 e. The number of nitrogens with zero attached hydrogens (tertiary/aromatic N) is 3. The van der Waals surface area contributed by atoms with Gasteiger partial charge in [0.1, 0.15) is 5.82 Å². The molecule has 0 unspecified atom stereocenters. The fraction of sp³-hybridized carbons (Fsp3) is 0.167. The van der Waals surface area contributed by atoms with Crippen LogP contribution in [-0.2, 0) is 20.1 Å². The number of benzene rings is 2. The van der Waals surface area contributed by atoms with Gasteiger partial charge in [0, 0.05) is 35.5 Å². The van der Waals surface area contributed by atoms with Gasteiger partial charge in [-0.1, -0.05) is 18.2 Å². The number of hydrogen-bond acceptors (Lipinski definition) is 5. The zero-order chi connectivity index (χ0) is 16.7. The lowest BCUT2D eigenvalue weighted by Gasteiger charge is -2.25. The molecular weight excluding hydrogens is 336 g/mol. The first-order valence-electron chi connectivity index (χ1n) is 7.74. The number of aromatic nitrogens is 2. The van der Waals surface area contributed by atoms with Crippen molar-refractivity contribution in [1.29, 1.82) is 0 Å². The van der Waals surface area contributed by atoms with E-state index in [1.54, 1.807) is 0 Å². The van der Waals surface area contributed by atoms with E-state index in [2.05, 4.69) is 70.9 Å². The third kappa shape index (κ3) is 2.76. The van der Waals surface area contributed by atoms with E-state index >= 15 is 0 Å². The number of aryl methyl sites for hydroxylation is 1. The van der Waals surface area contributed by atoms with E-state index in [9.17, 15) is 0 Å². The standard InChI is InChI=1S/C18H18N4S2/c1-21-18-13(9-19-21)11-22(15-5-3-2-4-14(15)20-18)10-12-6-7-16(23)17(24)8-12/h2-9,20,23-24H,10-11H2,1H3. The maximum Gasteiger partial charge on any atom is 0.133 e. The van der Waals surface area contributed by atoms with Gasteiger partial charge < -0.3 is 10.2 Å². The van der Waals surface area contributed by atoms with Gasteiger partial charge in [0.25, 0.3) is 0 Å². The van der Waals surface area contributed by atoms with Gasteiger partial charge in [-0.3, -0.25) is 4.68 Å². The fourth-order valence-corrected chi connectivity index (χ4v) is 3.44. The zero-order valence-electron chi connectivity index (χ0n) is 13.3. The van der Waals surface area contributed by atoms with Crippen molar-refractivity contribution in [2.45, 2.75) is 22.9 Å². The topological polar surface area (TPSA) is 33.1 Å². The summed E-state index contributed by atoms with van der Waals surface area (Å²) in [7, 11) is 1.96. The number of fused-ring (bicyclic) bond motifs is 2. The molecule has 0 spiro atoms. The summed E-state index contributed by atoms with van der Waals surface area (Å²) in [6.07, 6.45) is 1.93. The molecule has 2 aromatic carbocycles. The first-order chi connectivity index (χ1) is 11.6. The van der Waals surface area contributed by atoms with Crippen LogP contribution >= 0.6 is 25.3 Å². The zero-order valence-corrected chi connectivity index (χ0v) is 15.1. The van der Waals surface area contributed by atoms with Crippen molar-refractivity contribution < 1.29 is 0 Å². The van der Waals surface area contributed by atoms with Crippen LogP contribution in [0.5, 0.6) is 0 Å². The average Bonchev–Trinajstić information content (AvgIpc) is 2.83. The molecule has 6 heteroatoms. The monoisotopic (exact) mass is 354 g/mol. The van der Waals surface area contributed by atoms with Crippen molar-refractivity contribution in [3.05, 3.63) is 59.8 Å². The summed E-state index contributed by atoms with van der Waals surface area (Å²) in [4.78, 5) is 4.16. The van der Waals surface area contributed by atoms with Gasteiger partial charge in [0.2, 0.25) is 0 Å². The summed E-state index contributed by atoms with van der Waals surface area (Å²) < 4.78 is 1.89. The predicted molar refractivity (Wildman–Crippen MR) is 104 cm³/mol. The summed E-state index contributed by atoms with van der Waals surface area (Å²) in [5.74, 6) is 1.05. The highest BCUT2D eigenvalue weighted by Crippen LogP contribution is 2.36. The number of hydrogen-bond donors (Lipinski definition) is 3. The molecule has 0 fully saturated rings. The van der Waals surface area contributed by atoms with Gasteiger partial charge in [-0.05, 0) is 29.8 Å². The molecule has 1 N–H and O–H groups in total. The molecule has 24 heavy (non-hydrogen) atoms. The summed E-state index contributed by atoms with van der Waals surface area (Å²) >= 11 is 8.89. The molecule has 1 aliphatic heterocycles. The lowest BCUT2D eigenvalue weighted by molar-refractivity contribution is 0.776. The highest BCUT2D eigenvalue weighted by atomic mass is 32.1. The Labute approximate surface area is 152 Å². The summed E-state index contributed by atoms with van der Waals surface area (Å²) in [6.45, 7) is 1.60. The van der Waals surface area contributed by atoms with E-state index < -0.39 is 0 Å². The largest absolute Gasteiger partial charge is 0.361 e. The Bertz CT molecular complexity index is 904. The molecule has 1 aliphatic rings. The quantitative estimate of drug-likeness (QED) is 0.601. The van der Waals surface area contributed by atoms with Gasteiger partial charge in [-0.15, -0.1) is 25.3 Å². The second kappa shape index (κ2) is 6.11. The first-order valence-corrected chi connectivity index (χ1v) is 8.64. The van der Waals surface area contributed by atoms with E-state index in [-0.39, 0.29) is 0 Å². The van der Waals surface area contributed by atoms with Crippen molar-refractivity contribution in [3.8, 4) is 0 Å². The fourth-order valence-electron chi connectivity index (χ4n) is 3.06. The van der Waals surface area contributed by atoms with Crippen LogP contribution in [0.2, 0.25) is 0 Å². The van der Waals surface area contributed by atoms with Crippen molar-refractivity contribution >= 4 is 42.5 Å². The molecule has 0 saturated carbocycles. The highest BCUT2D eigenvalue weighted by Gasteiger charge is 2.21. The van der Waals surface area contributed by atoms with Crippen LogP contribution in [0.4, 0.5) is 17.2 Å². The van der Waals surface area contributed by atoms with Gasteiger partial charge in [-0.25, -0.2) is 0 Å². The Hall–Kier alpha value is -2.05. The third-order valence-electron chi connectivity index (χ3n) is 4.29. The van der Waals surface area contributed by atoms with Crippen molar-refractivity contribution in [2.24, 2.45) is 7.05 Å². The summed E-state index contributed by atoms with van der Waals surface area (Å²) in [5.41, 5.74) is 4.67. The van der Waals surface area contributed by atoms with Crippen molar-refractivity contribution in [1.82, 2.24) is 9.78 Å². The van der Waals surface area contributed by atoms with Gasteiger partial charge in [-0.2, -0.15) is 5.10 Å². The van der Waals surface area contributed by atoms with E-state index in [0.29, 0.717) is 0 Å². The van der Waals surface area contributed by atoms with E-state index in [0.717, 1.165) is 34.4 Å². The van der Waals surface area contributed by atoms with Gasteiger partial charge >= 0.3 is 0 Å². The maximum absolute atomic E-state index is 4.49. The average molecular weight is 355 g/mol. The summed E-state index contributed by atoms with van der Waals surface area (Å²) in [6, 6.07) is 14.6. The van der Waals surface area contributed by atoms with E-state index in [4.69, 9.17) is 0 Å². The summed E-state index contributed by atoms with van der Waals surface area (Å²) in [5, 5.41) is 7.90. The Morgan fingerprint density at radius 1 is 1.12 bits per heavy atom. The third-order valence-corrected chi connectivity index (χ3v) is 5.22. The first kappa shape index (κ1) is 15.5. The predicted octanol–water partition coefficient (Wildman–Crippen LogP) is 4.26. The number of para-hydroxylation sites is 2. The molecular formula is C18H18N4S2. The maximum atomic E-state index is 4.49. The van der Waals surface area contributed by atoms with Crippen molar-refractivity contribution in [3.63, 3.8) is 0 Å². The van der Waals surface area contributed by atoms with Crippen LogP contribution in [0.1, 0.15) is 11.1 Å². The van der Waals surface area contributed by atoms with Gasteiger partial charge in [0.05, 0.1) is 17.6 Å². The van der Waals surface area contributed by atoms with Crippen LogP contribution in [0.15, 0.2) is 58.5 Å². The normalized spacial score (nSPS) is 13.0. The molecule has 0 bridgehead atoms. The highest BCUT2D eigenvalue weighted by molar-refractivity contribution is 7.83. The lowest BCUT2D eigenvalue weighted by atomic mass is 10.1. The molecule has 2 heterocycles. The molecule has 122 valence electrons. The number of rotatable bonds is 2. The van der Waals surface area contributed by atoms with E-state index in [1.807, 2.05) is 30.1 Å². The molecule has 4 nitrogen and oxygen atoms in total. The Kier molecular flexibility index (Phi) is 3.94. The molecule has 0 aliphatic carbocycles. The molecule has 0 amide bonds. The number of thiol groups is 2. The molecule has 0 saturated heterocycles. The smallest absolute Gasteiger partial charge is 0.133 e. The Morgan fingerprint density at radius 3 is 2.79 bits per heavy atom. The molecule has 4 rings (SSSR count). The number of nitrogens with one attached hydrogen (secondary N) is 1. The Morgan fingerprint density at radius 2 is 1.96 bits per heavy atom. The van der Waals surface area contributed by atoms with Crippen LogP contribution < -0.4 is 10.2 Å². The minimum absolute atomic E-state index is 0.800. The van der Waals surface area contributed by atoms with E-state index in [1.165, 1.54) is 16.8 Å². The van der Waals surface area contributed by atoms with Crippen LogP contribution in [0.3, 0.4) is 0 Å². The van der Waals surface area contributed by atoms with Gasteiger partial charge in [0.15, 0.2) is 0 Å². The molecule has 3 aromatic rings. The second-order valence-corrected chi connectivity index (χ2v) is 6.93. The lowest BCUT2D eigenvalue weighted by Crippen LogP contribution is -2.21. The Balaban J connectivity index is 1.74. The SMILES string of the molecule is Cn1ncc2c1Nc1ccccc1N(Cc1ccc(S)c(S)c1)C2. The molecule has 0 radical (unpaired) electrons. The molecule has 0 atom stereocenters. The van der Waals surface area contributed by atoms with Crippen LogP contribution in [0.25, 0.3) is 0 Å². The minimum atomic E-state index is 0.800.